The van der Waals surface area contributed by atoms with Crippen LogP contribution in [0, 0.1) is 16.0 Å². The maximum Gasteiger partial charge on any atom is 0.344 e. The zero-order chi connectivity index (χ0) is 20.1. The Hall–Kier alpha value is -3.42. The second-order valence-electron chi connectivity index (χ2n) is 6.75. The van der Waals surface area contributed by atoms with Crippen LogP contribution in [-0.4, -0.2) is 33.5 Å². The largest absolute Gasteiger partial charge is 0.482 e. The number of benzene rings is 1. The second-order valence-corrected chi connectivity index (χ2v) is 6.75. The van der Waals surface area contributed by atoms with E-state index in [2.05, 4.69) is 18.8 Å². The predicted octanol–water partition coefficient (Wildman–Crippen LogP) is 3.88. The molecule has 0 fully saturated rings. The van der Waals surface area contributed by atoms with E-state index in [0.29, 0.717) is 29.6 Å². The highest BCUT2D eigenvalue weighted by atomic mass is 16.6. The van der Waals surface area contributed by atoms with Crippen molar-refractivity contribution < 1.29 is 19.2 Å². The molecule has 1 aromatic carbocycles. The van der Waals surface area contributed by atoms with E-state index in [4.69, 9.17) is 9.47 Å². The molecule has 28 heavy (non-hydrogen) atoms. The first-order valence-electron chi connectivity index (χ1n) is 8.94. The summed E-state index contributed by atoms with van der Waals surface area (Å²) in [6.07, 6.45) is 3.97. The number of rotatable bonds is 8. The number of carbonyl (C=O) groups is 1. The van der Waals surface area contributed by atoms with E-state index < -0.39 is 10.9 Å². The number of imidazole rings is 1. The summed E-state index contributed by atoms with van der Waals surface area (Å²) in [6.45, 7) is 4.38. The van der Waals surface area contributed by atoms with Crippen LogP contribution in [0.4, 0.5) is 5.69 Å². The molecule has 0 saturated heterocycles. The summed E-state index contributed by atoms with van der Waals surface area (Å²) < 4.78 is 12.2. The molecule has 8 heteroatoms. The highest BCUT2D eigenvalue weighted by Gasteiger charge is 2.10. The lowest BCUT2D eigenvalue weighted by Gasteiger charge is -2.08. The van der Waals surface area contributed by atoms with Crippen LogP contribution in [0.25, 0.3) is 16.9 Å². The van der Waals surface area contributed by atoms with Gasteiger partial charge in [0.05, 0.1) is 23.4 Å². The number of esters is 1. The fraction of sp³-hybridized carbons (Fsp3) is 0.300. The lowest BCUT2D eigenvalue weighted by Crippen LogP contribution is -2.16. The van der Waals surface area contributed by atoms with Crippen molar-refractivity contribution in [3.05, 3.63) is 58.9 Å². The van der Waals surface area contributed by atoms with Crippen molar-refractivity contribution in [3.63, 3.8) is 0 Å². The van der Waals surface area contributed by atoms with Crippen LogP contribution < -0.4 is 4.74 Å². The molecule has 0 aliphatic heterocycles. The number of carbonyl (C=O) groups excluding carboxylic acids is 1. The molecule has 0 radical (unpaired) electrons. The summed E-state index contributed by atoms with van der Waals surface area (Å²) in [7, 11) is 0. The summed E-state index contributed by atoms with van der Waals surface area (Å²) in [6, 6.07) is 10.1. The van der Waals surface area contributed by atoms with E-state index in [1.165, 1.54) is 12.3 Å². The van der Waals surface area contributed by atoms with E-state index in [9.17, 15) is 14.9 Å². The zero-order valence-electron chi connectivity index (χ0n) is 15.7. The van der Waals surface area contributed by atoms with Gasteiger partial charge in [0.25, 0.3) is 5.69 Å². The van der Waals surface area contributed by atoms with Gasteiger partial charge in [0.15, 0.2) is 6.61 Å². The molecule has 0 spiro atoms. The van der Waals surface area contributed by atoms with Crippen LogP contribution in [-0.2, 0) is 9.53 Å². The van der Waals surface area contributed by atoms with Gasteiger partial charge in [0.1, 0.15) is 11.4 Å². The minimum atomic E-state index is -0.445. The van der Waals surface area contributed by atoms with E-state index >= 15 is 0 Å². The molecule has 0 atom stereocenters. The first-order chi connectivity index (χ1) is 13.4. The van der Waals surface area contributed by atoms with Gasteiger partial charge in [0, 0.05) is 17.8 Å². The summed E-state index contributed by atoms with van der Waals surface area (Å²) >= 11 is 0. The number of hydrogen-bond donors (Lipinski definition) is 0. The minimum absolute atomic E-state index is 0.000443. The molecule has 0 bridgehead atoms. The van der Waals surface area contributed by atoms with Gasteiger partial charge in [-0.25, -0.2) is 9.78 Å². The lowest BCUT2D eigenvalue weighted by molar-refractivity contribution is -0.385. The Balaban J connectivity index is 1.62. The van der Waals surface area contributed by atoms with Gasteiger partial charge in [-0.1, -0.05) is 13.8 Å². The van der Waals surface area contributed by atoms with Gasteiger partial charge in [-0.05, 0) is 42.7 Å². The number of nitro groups is 1. The fourth-order valence-corrected chi connectivity index (χ4v) is 2.54. The molecule has 0 unspecified atom stereocenters. The fourth-order valence-electron chi connectivity index (χ4n) is 2.54. The summed E-state index contributed by atoms with van der Waals surface area (Å²) in [5.41, 5.74) is 2.13. The van der Waals surface area contributed by atoms with Crippen LogP contribution in [0.15, 0.2) is 48.8 Å². The van der Waals surface area contributed by atoms with Crippen molar-refractivity contribution in [1.82, 2.24) is 9.38 Å². The molecular formula is C20H21N3O5. The van der Waals surface area contributed by atoms with Crippen LogP contribution in [0.5, 0.6) is 5.75 Å². The van der Waals surface area contributed by atoms with Gasteiger partial charge < -0.3 is 9.47 Å². The van der Waals surface area contributed by atoms with E-state index in [1.807, 2.05) is 12.1 Å². The standard InChI is InChI=1S/C20H21N3O5/c1-14(2)9-10-27-20(24)13-28-17-6-3-15(4-7-17)18-12-22-11-16(23(25)26)5-8-19(22)21-18/h3-8,11-12,14H,9-10,13H2,1-2H3. The van der Waals surface area contributed by atoms with Gasteiger partial charge >= 0.3 is 5.97 Å². The average molecular weight is 383 g/mol. The molecule has 0 amide bonds. The lowest BCUT2D eigenvalue weighted by atomic mass is 10.1. The summed E-state index contributed by atoms with van der Waals surface area (Å²) in [5.74, 6) is 0.627. The highest BCUT2D eigenvalue weighted by molar-refractivity contribution is 5.71. The number of aromatic nitrogens is 2. The van der Waals surface area contributed by atoms with Crippen LogP contribution in [0.1, 0.15) is 20.3 Å². The Kier molecular flexibility index (Phi) is 5.88. The molecule has 0 N–H and O–H groups in total. The van der Waals surface area contributed by atoms with Crippen molar-refractivity contribution in [3.8, 4) is 17.0 Å². The Morgan fingerprint density at radius 1 is 1.18 bits per heavy atom. The molecule has 3 aromatic rings. The third-order valence-corrected chi connectivity index (χ3v) is 4.11. The molecule has 2 aromatic heterocycles. The Bertz CT molecular complexity index is 979. The van der Waals surface area contributed by atoms with Gasteiger partial charge in [0.2, 0.25) is 0 Å². The molecular weight excluding hydrogens is 362 g/mol. The summed E-state index contributed by atoms with van der Waals surface area (Å²) in [5, 5.41) is 10.9. The van der Waals surface area contributed by atoms with Crippen molar-refractivity contribution in [1.29, 1.82) is 0 Å². The Morgan fingerprint density at radius 3 is 2.61 bits per heavy atom. The molecule has 2 heterocycles. The Labute approximate surface area is 161 Å². The minimum Gasteiger partial charge on any atom is -0.482 e. The average Bonchev–Trinajstić information content (AvgIpc) is 3.09. The number of ether oxygens (including phenoxy) is 2. The zero-order valence-corrected chi connectivity index (χ0v) is 15.7. The molecule has 0 aliphatic rings. The number of hydrogen-bond acceptors (Lipinski definition) is 6. The van der Waals surface area contributed by atoms with Gasteiger partial charge in [-0.3, -0.25) is 14.5 Å². The monoisotopic (exact) mass is 383 g/mol. The third kappa shape index (κ3) is 4.85. The smallest absolute Gasteiger partial charge is 0.344 e. The normalized spacial score (nSPS) is 11.0. The van der Waals surface area contributed by atoms with E-state index in [-0.39, 0.29) is 12.3 Å². The maximum atomic E-state index is 11.7. The SMILES string of the molecule is CC(C)CCOC(=O)COc1ccc(-c2cn3cc([N+](=O)[O-])ccc3n2)cc1. The van der Waals surface area contributed by atoms with E-state index in [1.54, 1.807) is 28.8 Å². The van der Waals surface area contributed by atoms with Crippen molar-refractivity contribution in [2.24, 2.45) is 5.92 Å². The quantitative estimate of drug-likeness (QED) is 0.333. The topological polar surface area (TPSA) is 96.0 Å². The molecule has 8 nitrogen and oxygen atoms in total. The van der Waals surface area contributed by atoms with Crippen LogP contribution >= 0.6 is 0 Å². The highest BCUT2D eigenvalue weighted by Crippen LogP contribution is 2.23. The Morgan fingerprint density at radius 2 is 1.93 bits per heavy atom. The van der Waals surface area contributed by atoms with Crippen LogP contribution in [0.2, 0.25) is 0 Å². The molecule has 146 valence electrons. The number of nitrogens with zero attached hydrogens (tertiary/aromatic N) is 3. The number of fused-ring (bicyclic) bond motifs is 1. The van der Waals surface area contributed by atoms with Crippen molar-refractivity contribution in [2.45, 2.75) is 20.3 Å². The maximum absolute atomic E-state index is 11.7. The predicted molar refractivity (Wildman–Crippen MR) is 103 cm³/mol. The first kappa shape index (κ1) is 19.3. The second kappa shape index (κ2) is 8.51. The van der Waals surface area contributed by atoms with Crippen molar-refractivity contribution in [2.75, 3.05) is 13.2 Å². The first-order valence-corrected chi connectivity index (χ1v) is 8.94. The molecule has 3 rings (SSSR count). The third-order valence-electron chi connectivity index (χ3n) is 4.11. The van der Waals surface area contributed by atoms with Gasteiger partial charge in [-0.2, -0.15) is 0 Å². The van der Waals surface area contributed by atoms with Gasteiger partial charge in [-0.15, -0.1) is 0 Å². The molecule has 0 saturated carbocycles. The van der Waals surface area contributed by atoms with Crippen molar-refractivity contribution >= 4 is 17.3 Å². The molecule has 0 aliphatic carbocycles. The van der Waals surface area contributed by atoms with E-state index in [0.717, 1.165) is 12.0 Å². The summed E-state index contributed by atoms with van der Waals surface area (Å²) in [4.78, 5) is 26.5. The number of pyridine rings is 1. The van der Waals surface area contributed by atoms with Crippen LogP contribution in [0.3, 0.4) is 0 Å².